The predicted molar refractivity (Wildman–Crippen MR) is 69.9 cm³/mol. The Kier molecular flexibility index (Phi) is 4.41. The van der Waals surface area contributed by atoms with E-state index < -0.39 is 6.09 Å². The van der Waals surface area contributed by atoms with Gasteiger partial charge in [0.2, 0.25) is 0 Å². The van der Waals surface area contributed by atoms with Crippen molar-refractivity contribution in [3.63, 3.8) is 0 Å². The Labute approximate surface area is 106 Å². The van der Waals surface area contributed by atoms with E-state index in [1.165, 1.54) is 18.5 Å². The molecule has 0 aromatic heterocycles. The van der Waals surface area contributed by atoms with Gasteiger partial charge in [-0.1, -0.05) is 0 Å². The Hall–Kier alpha value is -1.75. The molecular formula is C13H18N2O3. The summed E-state index contributed by atoms with van der Waals surface area (Å²) in [6.45, 7) is 2.05. The quantitative estimate of drug-likeness (QED) is 0.855. The highest BCUT2D eigenvalue weighted by molar-refractivity contribution is 5.84. The fourth-order valence-corrected chi connectivity index (χ4v) is 2.02. The minimum Gasteiger partial charge on any atom is -0.447 e. The smallest absolute Gasteiger partial charge is 0.411 e. The van der Waals surface area contributed by atoms with E-state index in [9.17, 15) is 4.79 Å². The van der Waals surface area contributed by atoms with Gasteiger partial charge < -0.3 is 14.7 Å². The van der Waals surface area contributed by atoms with Gasteiger partial charge in [-0.2, -0.15) is 0 Å². The number of amides is 1. The van der Waals surface area contributed by atoms with Crippen LogP contribution in [0.1, 0.15) is 12.8 Å². The summed E-state index contributed by atoms with van der Waals surface area (Å²) in [5, 5.41) is 11.1. The third kappa shape index (κ3) is 3.37. The number of carbonyl (C=O) groups excluding carboxylic acids is 1. The third-order valence-corrected chi connectivity index (χ3v) is 2.91. The molecular weight excluding hydrogens is 232 g/mol. The summed E-state index contributed by atoms with van der Waals surface area (Å²) < 4.78 is 4.71. The number of nitrogens with one attached hydrogen (secondary N) is 1. The van der Waals surface area contributed by atoms with Crippen LogP contribution in [0, 0.1) is 0 Å². The lowest BCUT2D eigenvalue weighted by Crippen LogP contribution is -2.18. The molecule has 1 fully saturated rings. The fourth-order valence-electron chi connectivity index (χ4n) is 2.02. The summed E-state index contributed by atoms with van der Waals surface area (Å²) in [4.78, 5) is 13.6. The lowest BCUT2D eigenvalue weighted by molar-refractivity contribution is 0.131. The van der Waals surface area contributed by atoms with Crippen molar-refractivity contribution < 1.29 is 14.6 Å². The van der Waals surface area contributed by atoms with Crippen molar-refractivity contribution in [2.45, 2.75) is 12.8 Å². The van der Waals surface area contributed by atoms with Crippen LogP contribution >= 0.6 is 0 Å². The van der Waals surface area contributed by atoms with E-state index in [0.29, 0.717) is 5.69 Å². The van der Waals surface area contributed by atoms with Crippen molar-refractivity contribution in [1.29, 1.82) is 0 Å². The summed E-state index contributed by atoms with van der Waals surface area (Å²) in [5.41, 5.74) is 1.88. The van der Waals surface area contributed by atoms with Crippen LogP contribution in [0.15, 0.2) is 24.3 Å². The molecule has 1 heterocycles. The highest BCUT2D eigenvalue weighted by Gasteiger charge is 2.12. The standard InChI is InChI=1S/C13H18N2O3/c16-9-10-18-13(17)14-11-3-5-12(6-4-11)15-7-1-2-8-15/h3-6,16H,1-2,7-10H2,(H,14,17). The van der Waals surface area contributed by atoms with Gasteiger partial charge in [0, 0.05) is 24.5 Å². The molecule has 0 aliphatic carbocycles. The number of aliphatic hydroxyl groups is 1. The summed E-state index contributed by atoms with van der Waals surface area (Å²) in [6.07, 6.45) is 1.94. The van der Waals surface area contributed by atoms with E-state index in [0.717, 1.165) is 13.1 Å². The fraction of sp³-hybridized carbons (Fsp3) is 0.462. The lowest BCUT2D eigenvalue weighted by atomic mass is 10.2. The minimum absolute atomic E-state index is 0.0116. The van der Waals surface area contributed by atoms with E-state index in [-0.39, 0.29) is 13.2 Å². The van der Waals surface area contributed by atoms with Crippen LogP contribution in [0.4, 0.5) is 16.2 Å². The van der Waals surface area contributed by atoms with Crippen molar-refractivity contribution in [1.82, 2.24) is 0 Å². The molecule has 0 saturated carbocycles. The summed E-state index contributed by atoms with van der Waals surface area (Å²) in [6, 6.07) is 7.70. The maximum atomic E-state index is 11.3. The molecule has 2 rings (SSSR count). The van der Waals surface area contributed by atoms with Crippen molar-refractivity contribution in [3.8, 4) is 0 Å². The minimum atomic E-state index is -0.544. The van der Waals surface area contributed by atoms with E-state index in [1.807, 2.05) is 24.3 Å². The zero-order chi connectivity index (χ0) is 12.8. The maximum Gasteiger partial charge on any atom is 0.411 e. The molecule has 1 aliphatic heterocycles. The van der Waals surface area contributed by atoms with Gasteiger partial charge in [-0.05, 0) is 37.1 Å². The van der Waals surface area contributed by atoms with Gasteiger partial charge in [0.05, 0.1) is 6.61 Å². The number of hydrogen-bond acceptors (Lipinski definition) is 4. The zero-order valence-electron chi connectivity index (χ0n) is 10.3. The molecule has 18 heavy (non-hydrogen) atoms. The number of nitrogens with zero attached hydrogens (tertiary/aromatic N) is 1. The first-order valence-electron chi connectivity index (χ1n) is 6.19. The van der Waals surface area contributed by atoms with Crippen LogP contribution in [0.5, 0.6) is 0 Å². The van der Waals surface area contributed by atoms with Crippen molar-refractivity contribution in [2.24, 2.45) is 0 Å². The lowest BCUT2D eigenvalue weighted by Gasteiger charge is -2.17. The Morgan fingerprint density at radius 1 is 1.28 bits per heavy atom. The highest BCUT2D eigenvalue weighted by atomic mass is 16.6. The first kappa shape index (κ1) is 12.7. The maximum absolute atomic E-state index is 11.3. The average molecular weight is 250 g/mol. The Morgan fingerprint density at radius 3 is 2.56 bits per heavy atom. The van der Waals surface area contributed by atoms with Crippen LogP contribution in [0.25, 0.3) is 0 Å². The van der Waals surface area contributed by atoms with Crippen molar-refractivity contribution >= 4 is 17.5 Å². The second-order valence-corrected chi connectivity index (χ2v) is 4.23. The average Bonchev–Trinajstić information content (AvgIpc) is 2.91. The largest absolute Gasteiger partial charge is 0.447 e. The van der Waals surface area contributed by atoms with Gasteiger partial charge in [-0.15, -0.1) is 0 Å². The molecule has 0 radical (unpaired) electrons. The molecule has 0 spiro atoms. The molecule has 1 saturated heterocycles. The van der Waals surface area contributed by atoms with Crippen LogP contribution in [-0.4, -0.2) is 37.5 Å². The van der Waals surface area contributed by atoms with Crippen LogP contribution in [0.2, 0.25) is 0 Å². The second kappa shape index (κ2) is 6.26. The molecule has 1 aromatic carbocycles. The molecule has 5 heteroatoms. The summed E-state index contributed by atoms with van der Waals surface area (Å²) >= 11 is 0. The monoisotopic (exact) mass is 250 g/mol. The third-order valence-electron chi connectivity index (χ3n) is 2.91. The number of rotatable bonds is 4. The molecule has 2 N–H and O–H groups in total. The predicted octanol–water partition coefficient (Wildman–Crippen LogP) is 1.83. The van der Waals surface area contributed by atoms with Crippen molar-refractivity contribution in [3.05, 3.63) is 24.3 Å². The molecule has 0 bridgehead atoms. The SMILES string of the molecule is O=C(Nc1ccc(N2CCCC2)cc1)OCCO. The Morgan fingerprint density at radius 2 is 1.94 bits per heavy atom. The van der Waals surface area contributed by atoms with E-state index >= 15 is 0 Å². The summed E-state index contributed by atoms with van der Waals surface area (Å²) in [7, 11) is 0. The zero-order valence-corrected chi connectivity index (χ0v) is 10.3. The number of benzene rings is 1. The normalized spacial score (nSPS) is 14.6. The number of aliphatic hydroxyl groups excluding tert-OH is 1. The van der Waals surface area contributed by atoms with Crippen LogP contribution < -0.4 is 10.2 Å². The molecule has 1 aromatic rings. The second-order valence-electron chi connectivity index (χ2n) is 4.23. The van der Waals surface area contributed by atoms with Gasteiger partial charge in [-0.25, -0.2) is 4.79 Å². The van der Waals surface area contributed by atoms with Gasteiger partial charge in [0.1, 0.15) is 6.61 Å². The molecule has 1 amide bonds. The number of anilines is 2. The van der Waals surface area contributed by atoms with E-state index in [2.05, 4.69) is 10.2 Å². The first-order chi connectivity index (χ1) is 8.79. The topological polar surface area (TPSA) is 61.8 Å². The molecule has 5 nitrogen and oxygen atoms in total. The molecule has 0 unspecified atom stereocenters. The summed E-state index contributed by atoms with van der Waals surface area (Å²) in [5.74, 6) is 0. The number of carbonyl (C=O) groups is 1. The number of hydrogen-bond donors (Lipinski definition) is 2. The Balaban J connectivity index is 1.88. The van der Waals surface area contributed by atoms with E-state index in [1.54, 1.807) is 0 Å². The van der Waals surface area contributed by atoms with Crippen LogP contribution in [-0.2, 0) is 4.74 Å². The Bertz CT molecular complexity index is 386. The highest BCUT2D eigenvalue weighted by Crippen LogP contribution is 2.21. The number of ether oxygens (including phenoxy) is 1. The molecule has 1 aliphatic rings. The van der Waals surface area contributed by atoms with Gasteiger partial charge in [0.25, 0.3) is 0 Å². The first-order valence-corrected chi connectivity index (χ1v) is 6.19. The van der Waals surface area contributed by atoms with Gasteiger partial charge in [-0.3, -0.25) is 5.32 Å². The van der Waals surface area contributed by atoms with Gasteiger partial charge in [0.15, 0.2) is 0 Å². The van der Waals surface area contributed by atoms with Crippen LogP contribution in [0.3, 0.4) is 0 Å². The van der Waals surface area contributed by atoms with Gasteiger partial charge >= 0.3 is 6.09 Å². The van der Waals surface area contributed by atoms with E-state index in [4.69, 9.17) is 9.84 Å². The van der Waals surface area contributed by atoms with Crippen molar-refractivity contribution in [2.75, 3.05) is 36.5 Å². The molecule has 0 atom stereocenters. The molecule has 98 valence electrons.